The molecule has 3 rings (SSSR count). The molecule has 0 amide bonds. The van der Waals surface area contributed by atoms with Gasteiger partial charge >= 0.3 is 0 Å². The normalized spacial score (nSPS) is 25.3. The van der Waals surface area contributed by atoms with Gasteiger partial charge in [0.15, 0.2) is 0 Å². The minimum absolute atomic E-state index is 0.400. The minimum Gasteiger partial charge on any atom is -0.260 e. The summed E-state index contributed by atoms with van der Waals surface area (Å²) < 4.78 is 0. The van der Waals surface area contributed by atoms with Crippen molar-refractivity contribution in [1.29, 1.82) is 0 Å². The fraction of sp³-hybridized carbons (Fsp3) is 0.312. The molecule has 1 unspecified atom stereocenters. The van der Waals surface area contributed by atoms with Crippen LogP contribution in [-0.2, 0) is 0 Å². The van der Waals surface area contributed by atoms with E-state index in [2.05, 4.69) is 55.4 Å². The second kappa shape index (κ2) is 3.99. The molecule has 2 aliphatic carbocycles. The second-order valence-electron chi connectivity index (χ2n) is 4.85. The smallest absolute Gasteiger partial charge is 0.0522 e. The van der Waals surface area contributed by atoms with Gasteiger partial charge in [0.25, 0.3) is 0 Å². The topological polar surface area (TPSA) is 12.4 Å². The molecule has 1 atom stereocenters. The van der Waals surface area contributed by atoms with Crippen LogP contribution >= 0.6 is 0 Å². The number of allylic oxidation sites excluding steroid dienone is 9. The highest BCUT2D eigenvalue weighted by Crippen LogP contribution is 2.40. The van der Waals surface area contributed by atoms with Crippen LogP contribution in [0, 0.1) is 5.92 Å². The standard InChI is InChI=1S/C16H17N/c1-3-5-13-10-17-14-7-4-6-12-9-8-11(2)15(13)16(12)14/h4,6-10,16H,3,5H2,1-2H3. The lowest BCUT2D eigenvalue weighted by molar-refractivity contribution is 0.838. The molecule has 0 saturated carbocycles. The summed E-state index contributed by atoms with van der Waals surface area (Å²) in [6.45, 7) is 4.44. The van der Waals surface area contributed by atoms with Crippen LogP contribution in [0.5, 0.6) is 0 Å². The maximum Gasteiger partial charge on any atom is 0.0522 e. The van der Waals surface area contributed by atoms with Gasteiger partial charge in [0, 0.05) is 6.20 Å². The molecule has 1 heterocycles. The van der Waals surface area contributed by atoms with Crippen molar-refractivity contribution < 1.29 is 0 Å². The average Bonchev–Trinajstić information content (AvgIpc) is 2.35. The Balaban J connectivity index is 2.16. The molecule has 0 aromatic rings. The zero-order chi connectivity index (χ0) is 11.8. The molecule has 1 aliphatic heterocycles. The van der Waals surface area contributed by atoms with Crippen LogP contribution in [0.3, 0.4) is 0 Å². The van der Waals surface area contributed by atoms with Crippen LogP contribution < -0.4 is 0 Å². The van der Waals surface area contributed by atoms with Crippen molar-refractivity contribution in [2.75, 3.05) is 0 Å². The summed E-state index contributed by atoms with van der Waals surface area (Å²) in [5.41, 5.74) is 6.89. The first-order chi connectivity index (χ1) is 8.31. The lowest BCUT2D eigenvalue weighted by Crippen LogP contribution is -2.25. The third-order valence-electron chi connectivity index (χ3n) is 3.66. The Morgan fingerprint density at radius 2 is 2.12 bits per heavy atom. The molecule has 17 heavy (non-hydrogen) atoms. The number of nitrogens with zero attached hydrogens (tertiary/aromatic N) is 1. The highest BCUT2D eigenvalue weighted by Gasteiger charge is 2.31. The molecule has 0 aromatic heterocycles. The lowest BCUT2D eigenvalue weighted by Gasteiger charge is -2.32. The maximum atomic E-state index is 4.63. The predicted octanol–water partition coefficient (Wildman–Crippen LogP) is 4.12. The van der Waals surface area contributed by atoms with Crippen molar-refractivity contribution in [3.63, 3.8) is 0 Å². The Morgan fingerprint density at radius 3 is 2.94 bits per heavy atom. The predicted molar refractivity (Wildman–Crippen MR) is 73.0 cm³/mol. The van der Waals surface area contributed by atoms with E-state index in [-0.39, 0.29) is 0 Å². The average molecular weight is 223 g/mol. The first-order valence-electron chi connectivity index (χ1n) is 6.35. The highest BCUT2D eigenvalue weighted by atomic mass is 14.7. The van der Waals surface area contributed by atoms with Gasteiger partial charge in [-0.25, -0.2) is 0 Å². The third-order valence-corrected chi connectivity index (χ3v) is 3.66. The van der Waals surface area contributed by atoms with Gasteiger partial charge in [0.05, 0.1) is 11.6 Å². The van der Waals surface area contributed by atoms with E-state index < -0.39 is 0 Å². The van der Waals surface area contributed by atoms with E-state index in [0.717, 1.165) is 6.42 Å². The molecule has 0 saturated heterocycles. The Bertz CT molecular complexity index is 536. The molecule has 0 radical (unpaired) electrons. The zero-order valence-electron chi connectivity index (χ0n) is 10.4. The minimum atomic E-state index is 0.400. The summed E-state index contributed by atoms with van der Waals surface area (Å²) in [6.07, 6.45) is 15.3. The van der Waals surface area contributed by atoms with Crippen molar-refractivity contribution in [2.24, 2.45) is 10.9 Å². The summed E-state index contributed by atoms with van der Waals surface area (Å²) in [4.78, 5) is 4.63. The monoisotopic (exact) mass is 223 g/mol. The second-order valence-corrected chi connectivity index (χ2v) is 4.85. The van der Waals surface area contributed by atoms with Gasteiger partial charge in [-0.3, -0.25) is 4.99 Å². The molecule has 0 fully saturated rings. The van der Waals surface area contributed by atoms with Crippen molar-refractivity contribution >= 4 is 5.71 Å². The molecule has 0 spiro atoms. The maximum absolute atomic E-state index is 4.63. The van der Waals surface area contributed by atoms with Crippen LogP contribution in [0.15, 0.2) is 63.9 Å². The Kier molecular flexibility index (Phi) is 2.47. The van der Waals surface area contributed by atoms with Gasteiger partial charge in [-0.1, -0.05) is 37.6 Å². The first-order valence-corrected chi connectivity index (χ1v) is 6.35. The van der Waals surface area contributed by atoms with Gasteiger partial charge in [-0.2, -0.15) is 0 Å². The first kappa shape index (κ1) is 10.5. The largest absolute Gasteiger partial charge is 0.260 e. The van der Waals surface area contributed by atoms with Gasteiger partial charge < -0.3 is 0 Å². The number of aliphatic imine (C=N–C) groups is 1. The quantitative estimate of drug-likeness (QED) is 0.667. The Morgan fingerprint density at radius 1 is 1.24 bits per heavy atom. The molecule has 0 aromatic carbocycles. The number of hydrogen-bond donors (Lipinski definition) is 0. The third kappa shape index (κ3) is 1.57. The highest BCUT2D eigenvalue weighted by molar-refractivity contribution is 6.05. The van der Waals surface area contributed by atoms with Crippen LogP contribution in [0.4, 0.5) is 0 Å². The van der Waals surface area contributed by atoms with E-state index in [1.54, 1.807) is 0 Å². The Labute approximate surface area is 103 Å². The summed E-state index contributed by atoms with van der Waals surface area (Å²) in [6, 6.07) is 0. The van der Waals surface area contributed by atoms with Crippen molar-refractivity contribution in [1.82, 2.24) is 0 Å². The molecule has 1 heteroatoms. The number of hydrogen-bond acceptors (Lipinski definition) is 1. The van der Waals surface area contributed by atoms with Gasteiger partial charge in [0.1, 0.15) is 0 Å². The van der Waals surface area contributed by atoms with E-state index in [1.165, 1.54) is 34.4 Å². The van der Waals surface area contributed by atoms with Crippen molar-refractivity contribution in [3.05, 3.63) is 58.9 Å². The molecule has 0 N–H and O–H groups in total. The molecule has 1 nitrogen and oxygen atoms in total. The van der Waals surface area contributed by atoms with Gasteiger partial charge in [-0.05, 0) is 41.7 Å². The number of rotatable bonds is 2. The van der Waals surface area contributed by atoms with E-state index in [4.69, 9.17) is 0 Å². The van der Waals surface area contributed by atoms with Crippen molar-refractivity contribution in [3.8, 4) is 0 Å². The van der Waals surface area contributed by atoms with E-state index >= 15 is 0 Å². The fourth-order valence-electron chi connectivity index (χ4n) is 2.87. The van der Waals surface area contributed by atoms with Crippen molar-refractivity contribution in [2.45, 2.75) is 26.7 Å². The molecular formula is C16H17N. The summed E-state index contributed by atoms with van der Waals surface area (Å²) >= 11 is 0. The van der Waals surface area contributed by atoms with Crippen LogP contribution in [-0.4, -0.2) is 5.71 Å². The van der Waals surface area contributed by atoms with Crippen LogP contribution in [0.1, 0.15) is 26.7 Å². The SMILES string of the molecule is CCCC1=CN=C2C=CC=C3C=CC(C)=C1C32. The van der Waals surface area contributed by atoms with Crippen LogP contribution in [0.25, 0.3) is 0 Å². The van der Waals surface area contributed by atoms with Crippen LogP contribution in [0.2, 0.25) is 0 Å². The van der Waals surface area contributed by atoms with E-state index in [0.29, 0.717) is 5.92 Å². The fourth-order valence-corrected chi connectivity index (χ4v) is 2.87. The zero-order valence-corrected chi connectivity index (χ0v) is 10.4. The Hall–Kier alpha value is -1.63. The molecule has 3 aliphatic rings. The molecule has 86 valence electrons. The van der Waals surface area contributed by atoms with E-state index in [1.807, 2.05) is 0 Å². The summed E-state index contributed by atoms with van der Waals surface area (Å²) in [5, 5.41) is 0. The lowest BCUT2D eigenvalue weighted by atomic mass is 9.73. The molecule has 0 bridgehead atoms. The summed E-state index contributed by atoms with van der Waals surface area (Å²) in [5.74, 6) is 0.400. The van der Waals surface area contributed by atoms with Gasteiger partial charge in [0.2, 0.25) is 0 Å². The molecular weight excluding hydrogens is 206 g/mol. The summed E-state index contributed by atoms with van der Waals surface area (Å²) in [7, 11) is 0. The van der Waals surface area contributed by atoms with E-state index in [9.17, 15) is 0 Å². The van der Waals surface area contributed by atoms with Gasteiger partial charge in [-0.15, -0.1) is 0 Å².